The summed E-state index contributed by atoms with van der Waals surface area (Å²) >= 11 is 0. The van der Waals surface area contributed by atoms with Gasteiger partial charge in [-0.15, -0.1) is 0 Å². The molecule has 15 heavy (non-hydrogen) atoms. The van der Waals surface area contributed by atoms with Crippen molar-refractivity contribution in [3.8, 4) is 0 Å². The predicted molar refractivity (Wildman–Crippen MR) is 55.6 cm³/mol. The van der Waals surface area contributed by atoms with Gasteiger partial charge in [-0.1, -0.05) is 20.3 Å². The molecule has 0 radical (unpaired) electrons. The van der Waals surface area contributed by atoms with Crippen LogP contribution in [0.1, 0.15) is 52.4 Å². The smallest absolute Gasteiger partial charge is 0.171 e. The number of alkyl halides is 3. The van der Waals surface area contributed by atoms with Gasteiger partial charge in [-0.3, -0.25) is 0 Å². The molecule has 0 aromatic carbocycles. The van der Waals surface area contributed by atoms with Gasteiger partial charge < -0.3 is 0 Å². The van der Waals surface area contributed by atoms with E-state index >= 15 is 0 Å². The maximum atomic E-state index is 12.4. The van der Waals surface area contributed by atoms with Gasteiger partial charge in [-0.05, 0) is 43.9 Å². The fraction of sp³-hybridized carbons (Fsp3) is 1.00. The molecule has 0 spiro atoms. The van der Waals surface area contributed by atoms with Crippen LogP contribution in [0.2, 0.25) is 0 Å². The molecule has 1 fully saturated rings. The van der Waals surface area contributed by atoms with Crippen LogP contribution in [-0.2, 0) is 0 Å². The van der Waals surface area contributed by atoms with E-state index in [0.29, 0.717) is 24.7 Å². The quantitative estimate of drug-likeness (QED) is 0.644. The minimum atomic E-state index is -3.96. The van der Waals surface area contributed by atoms with Gasteiger partial charge in [-0.2, -0.15) is 13.2 Å². The molecule has 1 rings (SSSR count). The molecule has 0 N–H and O–H groups in total. The average molecular weight is 222 g/mol. The Morgan fingerprint density at radius 2 is 1.67 bits per heavy atom. The number of hydrogen-bond acceptors (Lipinski definition) is 0. The molecule has 0 aromatic heterocycles. The van der Waals surface area contributed by atoms with Crippen LogP contribution in [0.3, 0.4) is 0 Å². The maximum absolute atomic E-state index is 12.4. The summed E-state index contributed by atoms with van der Waals surface area (Å²) in [6.45, 7) is 4.34. The third kappa shape index (κ3) is 4.04. The van der Waals surface area contributed by atoms with Crippen molar-refractivity contribution < 1.29 is 13.2 Å². The molecule has 90 valence electrons. The summed E-state index contributed by atoms with van der Waals surface area (Å²) in [7, 11) is 0. The molecule has 0 amide bonds. The van der Waals surface area contributed by atoms with Crippen molar-refractivity contribution in [3.05, 3.63) is 0 Å². The molecule has 0 heterocycles. The third-order valence-electron chi connectivity index (χ3n) is 3.74. The molecule has 1 aliphatic carbocycles. The van der Waals surface area contributed by atoms with Gasteiger partial charge in [0.05, 0.1) is 5.92 Å². The van der Waals surface area contributed by atoms with E-state index in [1.807, 2.05) is 0 Å². The molecule has 0 unspecified atom stereocenters. The Morgan fingerprint density at radius 3 is 2.07 bits per heavy atom. The molecule has 0 bridgehead atoms. The van der Waals surface area contributed by atoms with Gasteiger partial charge in [-0.25, -0.2) is 0 Å². The molecule has 0 nitrogen and oxygen atoms in total. The molecular weight excluding hydrogens is 201 g/mol. The number of hydrogen-bond donors (Lipinski definition) is 0. The van der Waals surface area contributed by atoms with E-state index in [0.717, 1.165) is 25.7 Å². The number of halogens is 3. The summed E-state index contributed by atoms with van der Waals surface area (Å²) in [6, 6.07) is 0. The van der Waals surface area contributed by atoms with Crippen LogP contribution in [0.5, 0.6) is 0 Å². The van der Waals surface area contributed by atoms with Gasteiger partial charge in [0, 0.05) is 0 Å². The summed E-state index contributed by atoms with van der Waals surface area (Å²) in [5.74, 6) is 0.182. The van der Waals surface area contributed by atoms with Crippen LogP contribution in [0, 0.1) is 17.8 Å². The van der Waals surface area contributed by atoms with Gasteiger partial charge in [0.15, 0.2) is 0 Å². The summed E-state index contributed by atoms with van der Waals surface area (Å²) in [6.07, 6.45) is 0.542. The Balaban J connectivity index is 2.30. The zero-order valence-electron chi connectivity index (χ0n) is 9.61. The Hall–Kier alpha value is -0.210. The van der Waals surface area contributed by atoms with Crippen molar-refractivity contribution in [3.63, 3.8) is 0 Å². The van der Waals surface area contributed by atoms with E-state index in [1.165, 1.54) is 0 Å². The summed E-state index contributed by atoms with van der Waals surface area (Å²) in [4.78, 5) is 0. The van der Waals surface area contributed by atoms with Crippen molar-refractivity contribution in [1.29, 1.82) is 0 Å². The second-order valence-electron chi connectivity index (χ2n) is 5.01. The Morgan fingerprint density at radius 1 is 1.13 bits per heavy atom. The standard InChI is InChI=1S/C12H21F3/c1-3-9(2)8-10-4-6-11(7-5-10)12(13,14)15/h9-11H,3-8H2,1-2H3/t9-,10-,11+/m0/s1. The van der Waals surface area contributed by atoms with E-state index in [4.69, 9.17) is 0 Å². The van der Waals surface area contributed by atoms with Gasteiger partial charge in [0.1, 0.15) is 0 Å². The van der Waals surface area contributed by atoms with E-state index < -0.39 is 12.1 Å². The van der Waals surface area contributed by atoms with Crippen LogP contribution >= 0.6 is 0 Å². The highest BCUT2D eigenvalue weighted by Gasteiger charge is 2.41. The van der Waals surface area contributed by atoms with Crippen molar-refractivity contribution >= 4 is 0 Å². The van der Waals surface area contributed by atoms with E-state index in [9.17, 15) is 13.2 Å². The highest BCUT2D eigenvalue weighted by molar-refractivity contribution is 4.77. The van der Waals surface area contributed by atoms with Crippen LogP contribution < -0.4 is 0 Å². The van der Waals surface area contributed by atoms with E-state index in [2.05, 4.69) is 13.8 Å². The van der Waals surface area contributed by atoms with Gasteiger partial charge >= 0.3 is 6.18 Å². The second-order valence-corrected chi connectivity index (χ2v) is 5.01. The molecule has 1 aliphatic rings. The molecule has 0 saturated heterocycles. The normalized spacial score (nSPS) is 30.2. The van der Waals surface area contributed by atoms with Crippen molar-refractivity contribution in [2.75, 3.05) is 0 Å². The van der Waals surface area contributed by atoms with Crippen molar-refractivity contribution in [2.24, 2.45) is 17.8 Å². The topological polar surface area (TPSA) is 0 Å². The molecular formula is C12H21F3. The van der Waals surface area contributed by atoms with Gasteiger partial charge in [0.2, 0.25) is 0 Å². The minimum Gasteiger partial charge on any atom is -0.171 e. The largest absolute Gasteiger partial charge is 0.391 e. The van der Waals surface area contributed by atoms with Crippen molar-refractivity contribution in [2.45, 2.75) is 58.5 Å². The molecule has 1 saturated carbocycles. The zero-order chi connectivity index (χ0) is 11.5. The Bertz CT molecular complexity index is 178. The SMILES string of the molecule is CC[C@H](C)C[C@H]1CC[C@@H](C(F)(F)F)CC1. The number of rotatable bonds is 3. The molecule has 0 aliphatic heterocycles. The van der Waals surface area contributed by atoms with Crippen LogP contribution in [0.15, 0.2) is 0 Å². The lowest BCUT2D eigenvalue weighted by atomic mass is 9.78. The Kier molecular flexibility index (Phi) is 4.47. The van der Waals surface area contributed by atoms with E-state index in [-0.39, 0.29) is 0 Å². The maximum Gasteiger partial charge on any atom is 0.391 e. The minimum absolute atomic E-state index is 0.352. The molecule has 1 atom stereocenters. The third-order valence-corrected chi connectivity index (χ3v) is 3.74. The predicted octanol–water partition coefficient (Wildman–Crippen LogP) is 4.79. The highest BCUT2D eigenvalue weighted by Crippen LogP contribution is 2.41. The first-order valence-corrected chi connectivity index (χ1v) is 6.00. The molecule has 3 heteroatoms. The summed E-state index contributed by atoms with van der Waals surface area (Å²) in [5.41, 5.74) is 0. The first-order valence-electron chi connectivity index (χ1n) is 6.00. The lowest BCUT2D eigenvalue weighted by molar-refractivity contribution is -0.184. The lowest BCUT2D eigenvalue weighted by Gasteiger charge is -2.31. The summed E-state index contributed by atoms with van der Waals surface area (Å²) < 4.78 is 37.2. The Labute approximate surface area is 90.2 Å². The monoisotopic (exact) mass is 222 g/mol. The first kappa shape index (κ1) is 12.9. The van der Waals surface area contributed by atoms with Crippen LogP contribution in [0.4, 0.5) is 13.2 Å². The highest BCUT2D eigenvalue weighted by atomic mass is 19.4. The zero-order valence-corrected chi connectivity index (χ0v) is 9.61. The van der Waals surface area contributed by atoms with Crippen LogP contribution in [-0.4, -0.2) is 6.18 Å². The second kappa shape index (κ2) is 5.22. The molecule has 0 aromatic rings. The fourth-order valence-electron chi connectivity index (χ4n) is 2.46. The fourth-order valence-corrected chi connectivity index (χ4v) is 2.46. The van der Waals surface area contributed by atoms with Crippen LogP contribution in [0.25, 0.3) is 0 Å². The van der Waals surface area contributed by atoms with E-state index in [1.54, 1.807) is 0 Å². The van der Waals surface area contributed by atoms with Crippen molar-refractivity contribution in [1.82, 2.24) is 0 Å². The van der Waals surface area contributed by atoms with Gasteiger partial charge in [0.25, 0.3) is 0 Å². The first-order chi connectivity index (χ1) is 6.93. The average Bonchev–Trinajstić information content (AvgIpc) is 2.17. The lowest BCUT2D eigenvalue weighted by Crippen LogP contribution is -2.28. The summed E-state index contributed by atoms with van der Waals surface area (Å²) in [5, 5.41) is 0.